The first-order valence-corrected chi connectivity index (χ1v) is 6.66. The normalized spacial score (nSPS) is 13.5. The fourth-order valence-electron chi connectivity index (χ4n) is 2.06. The van der Waals surface area contributed by atoms with E-state index in [1.54, 1.807) is 29.2 Å². The number of carboxylic acid groups (broad SMARTS) is 1. The Kier molecular flexibility index (Phi) is 4.42. The summed E-state index contributed by atoms with van der Waals surface area (Å²) in [6.45, 7) is 0.208. The van der Waals surface area contributed by atoms with Gasteiger partial charge in [0.2, 0.25) is 0 Å². The number of rotatable bonds is 6. The topological polar surface area (TPSA) is 113 Å². The molecule has 0 spiro atoms. The molecule has 3 amide bonds. The Morgan fingerprint density at radius 1 is 1.24 bits per heavy atom. The predicted octanol–water partition coefficient (Wildman–Crippen LogP) is 1.26. The molecule has 0 heterocycles. The number of nitrogens with one attached hydrogen (secondary N) is 1. The molecule has 0 radical (unpaired) electrons. The van der Waals surface area contributed by atoms with Gasteiger partial charge in [-0.25, -0.2) is 4.79 Å². The summed E-state index contributed by atoms with van der Waals surface area (Å²) in [5.41, 5.74) is 5.97. The van der Waals surface area contributed by atoms with Gasteiger partial charge in [-0.2, -0.15) is 0 Å². The zero-order valence-electron chi connectivity index (χ0n) is 11.4. The van der Waals surface area contributed by atoms with Crippen molar-refractivity contribution in [1.82, 2.24) is 4.90 Å². The van der Waals surface area contributed by atoms with Gasteiger partial charge in [-0.3, -0.25) is 9.59 Å². The van der Waals surface area contributed by atoms with Crippen molar-refractivity contribution in [2.24, 2.45) is 5.73 Å². The summed E-state index contributed by atoms with van der Waals surface area (Å²) in [4.78, 5) is 35.4. The molecule has 0 aliphatic heterocycles. The third kappa shape index (κ3) is 4.20. The zero-order valence-corrected chi connectivity index (χ0v) is 11.4. The number of nitrogens with two attached hydrogens (primary N) is 1. The van der Waals surface area contributed by atoms with Crippen molar-refractivity contribution in [1.29, 1.82) is 0 Å². The molecule has 0 atom stereocenters. The molecular weight excluding hydrogens is 274 g/mol. The van der Waals surface area contributed by atoms with Crippen LogP contribution in [0.4, 0.5) is 10.5 Å². The molecule has 2 rings (SSSR count). The van der Waals surface area contributed by atoms with Gasteiger partial charge in [-0.15, -0.1) is 0 Å². The number of aliphatic carboxylic acids is 1. The van der Waals surface area contributed by atoms with Crippen LogP contribution in [-0.2, 0) is 4.79 Å². The summed E-state index contributed by atoms with van der Waals surface area (Å²) in [6.07, 6.45) is 1.75. The Morgan fingerprint density at radius 3 is 2.33 bits per heavy atom. The molecule has 7 heteroatoms. The average molecular weight is 291 g/mol. The standard InChI is InChI=1S/C14H17N3O4/c15-14(21)16-10-3-1-9(2-4-10)13(20)17(11-5-6-11)8-7-12(18)19/h1-4,11H,5-8H2,(H,18,19)(H3,15,16,21). The van der Waals surface area contributed by atoms with Crippen LogP contribution in [0.5, 0.6) is 0 Å². The van der Waals surface area contributed by atoms with Crippen LogP contribution in [0.3, 0.4) is 0 Å². The fourth-order valence-corrected chi connectivity index (χ4v) is 2.06. The van der Waals surface area contributed by atoms with Crippen LogP contribution >= 0.6 is 0 Å². The van der Waals surface area contributed by atoms with Crippen molar-refractivity contribution in [3.8, 4) is 0 Å². The molecule has 1 saturated carbocycles. The lowest BCUT2D eigenvalue weighted by molar-refractivity contribution is -0.137. The summed E-state index contributed by atoms with van der Waals surface area (Å²) in [6, 6.07) is 5.81. The van der Waals surface area contributed by atoms with E-state index >= 15 is 0 Å². The maximum Gasteiger partial charge on any atom is 0.316 e. The average Bonchev–Trinajstić information content (AvgIpc) is 3.23. The summed E-state index contributed by atoms with van der Waals surface area (Å²) in [5, 5.41) is 11.2. The molecule has 0 saturated heterocycles. The van der Waals surface area contributed by atoms with E-state index < -0.39 is 12.0 Å². The van der Waals surface area contributed by atoms with Gasteiger partial charge in [-0.05, 0) is 37.1 Å². The molecule has 0 aromatic heterocycles. The van der Waals surface area contributed by atoms with Crippen molar-refractivity contribution in [3.05, 3.63) is 29.8 Å². The number of amides is 3. The summed E-state index contributed by atoms with van der Waals surface area (Å²) >= 11 is 0. The first-order chi connectivity index (χ1) is 9.97. The van der Waals surface area contributed by atoms with Crippen LogP contribution in [0.2, 0.25) is 0 Å². The number of carboxylic acids is 1. The minimum Gasteiger partial charge on any atom is -0.481 e. The summed E-state index contributed by atoms with van der Waals surface area (Å²) in [7, 11) is 0. The van der Waals surface area contributed by atoms with Crippen LogP contribution in [0, 0.1) is 0 Å². The fraction of sp³-hybridized carbons (Fsp3) is 0.357. The number of benzene rings is 1. The van der Waals surface area contributed by atoms with E-state index in [0.717, 1.165) is 12.8 Å². The molecule has 0 bridgehead atoms. The molecule has 4 N–H and O–H groups in total. The van der Waals surface area contributed by atoms with Crippen molar-refractivity contribution in [3.63, 3.8) is 0 Å². The van der Waals surface area contributed by atoms with Crippen molar-refractivity contribution in [2.45, 2.75) is 25.3 Å². The molecule has 1 aromatic rings. The third-order valence-corrected chi connectivity index (χ3v) is 3.21. The second-order valence-corrected chi connectivity index (χ2v) is 4.94. The third-order valence-electron chi connectivity index (χ3n) is 3.21. The smallest absolute Gasteiger partial charge is 0.316 e. The monoisotopic (exact) mass is 291 g/mol. The van der Waals surface area contributed by atoms with E-state index in [-0.39, 0.29) is 24.9 Å². The van der Waals surface area contributed by atoms with Crippen molar-refractivity contribution in [2.75, 3.05) is 11.9 Å². The lowest BCUT2D eigenvalue weighted by Crippen LogP contribution is -2.35. The first-order valence-electron chi connectivity index (χ1n) is 6.66. The van der Waals surface area contributed by atoms with E-state index in [4.69, 9.17) is 10.8 Å². The zero-order chi connectivity index (χ0) is 15.4. The molecule has 0 unspecified atom stereocenters. The Labute approximate surface area is 121 Å². The predicted molar refractivity (Wildman–Crippen MR) is 76.0 cm³/mol. The van der Waals surface area contributed by atoms with Crippen LogP contribution in [0.25, 0.3) is 0 Å². The van der Waals surface area contributed by atoms with Crippen LogP contribution < -0.4 is 11.1 Å². The second kappa shape index (κ2) is 6.25. The molecule has 1 aliphatic rings. The molecule has 21 heavy (non-hydrogen) atoms. The number of carbonyl (C=O) groups excluding carboxylic acids is 2. The Hall–Kier alpha value is -2.57. The van der Waals surface area contributed by atoms with Crippen LogP contribution in [0.15, 0.2) is 24.3 Å². The largest absolute Gasteiger partial charge is 0.481 e. The molecule has 1 fully saturated rings. The summed E-state index contributed by atoms with van der Waals surface area (Å²) < 4.78 is 0. The maximum atomic E-state index is 12.4. The van der Waals surface area contributed by atoms with Gasteiger partial charge in [0.15, 0.2) is 0 Å². The van der Waals surface area contributed by atoms with E-state index in [2.05, 4.69) is 5.32 Å². The summed E-state index contributed by atoms with van der Waals surface area (Å²) in [5.74, 6) is -1.11. The number of hydrogen-bond acceptors (Lipinski definition) is 3. The Balaban J connectivity index is 2.05. The number of urea groups is 1. The highest BCUT2D eigenvalue weighted by atomic mass is 16.4. The highest BCUT2D eigenvalue weighted by Crippen LogP contribution is 2.28. The quantitative estimate of drug-likeness (QED) is 0.732. The van der Waals surface area contributed by atoms with Gasteiger partial charge in [0, 0.05) is 23.8 Å². The van der Waals surface area contributed by atoms with Gasteiger partial charge in [0.1, 0.15) is 0 Å². The first kappa shape index (κ1) is 14.8. The van der Waals surface area contributed by atoms with E-state index in [9.17, 15) is 14.4 Å². The molecular formula is C14H17N3O4. The molecule has 112 valence electrons. The number of primary amides is 1. The van der Waals surface area contributed by atoms with Crippen molar-refractivity contribution < 1.29 is 19.5 Å². The second-order valence-electron chi connectivity index (χ2n) is 4.94. The molecule has 1 aliphatic carbocycles. The SMILES string of the molecule is NC(=O)Nc1ccc(C(=O)N(CCC(=O)O)C2CC2)cc1. The van der Waals surface area contributed by atoms with Crippen LogP contribution in [-0.4, -0.2) is 40.5 Å². The number of anilines is 1. The van der Waals surface area contributed by atoms with E-state index in [0.29, 0.717) is 11.3 Å². The van der Waals surface area contributed by atoms with Gasteiger partial charge < -0.3 is 21.1 Å². The van der Waals surface area contributed by atoms with Gasteiger partial charge in [0.05, 0.1) is 6.42 Å². The van der Waals surface area contributed by atoms with Gasteiger partial charge in [0.25, 0.3) is 5.91 Å². The van der Waals surface area contributed by atoms with Gasteiger partial charge in [-0.1, -0.05) is 0 Å². The van der Waals surface area contributed by atoms with Gasteiger partial charge >= 0.3 is 12.0 Å². The van der Waals surface area contributed by atoms with Crippen LogP contribution in [0.1, 0.15) is 29.6 Å². The van der Waals surface area contributed by atoms with E-state index in [1.165, 1.54) is 0 Å². The Bertz CT molecular complexity index is 552. The molecule has 7 nitrogen and oxygen atoms in total. The lowest BCUT2D eigenvalue weighted by atomic mass is 10.1. The lowest BCUT2D eigenvalue weighted by Gasteiger charge is -2.21. The minimum atomic E-state index is -0.922. The minimum absolute atomic E-state index is 0.0659. The molecule has 1 aromatic carbocycles. The number of carbonyl (C=O) groups is 3. The maximum absolute atomic E-state index is 12.4. The van der Waals surface area contributed by atoms with Crippen molar-refractivity contribution >= 4 is 23.6 Å². The Morgan fingerprint density at radius 2 is 1.86 bits per heavy atom. The van der Waals surface area contributed by atoms with E-state index in [1.807, 2.05) is 0 Å². The highest BCUT2D eigenvalue weighted by Gasteiger charge is 2.33. The number of nitrogens with zero attached hydrogens (tertiary/aromatic N) is 1. The number of hydrogen-bond donors (Lipinski definition) is 3. The highest BCUT2D eigenvalue weighted by molar-refractivity contribution is 5.96.